The van der Waals surface area contributed by atoms with E-state index >= 15 is 0 Å². The summed E-state index contributed by atoms with van der Waals surface area (Å²) in [5, 5.41) is 8.49. The van der Waals surface area contributed by atoms with Crippen molar-refractivity contribution in [3.63, 3.8) is 0 Å². The molecule has 3 N–H and O–H groups in total. The van der Waals surface area contributed by atoms with Gasteiger partial charge < -0.3 is 15.4 Å². The Morgan fingerprint density at radius 3 is 2.28 bits per heavy atom. The van der Waals surface area contributed by atoms with Crippen LogP contribution in [-0.2, 0) is 9.59 Å². The van der Waals surface area contributed by atoms with Crippen LogP contribution in [0.4, 0.5) is 11.4 Å². The number of ether oxygens (including phenoxy) is 1. The van der Waals surface area contributed by atoms with Gasteiger partial charge in [-0.1, -0.05) is 29.8 Å². The number of hydrogen-bond donors (Lipinski definition) is 3. The minimum absolute atomic E-state index is 0.0534. The molecule has 0 aliphatic rings. The summed E-state index contributed by atoms with van der Waals surface area (Å²) in [6.45, 7) is 3.65. The van der Waals surface area contributed by atoms with Crippen molar-refractivity contribution in [3.05, 3.63) is 58.6 Å². The van der Waals surface area contributed by atoms with E-state index in [1.807, 2.05) is 26.0 Å². The zero-order chi connectivity index (χ0) is 21.4. The SMILES string of the molecule is COc1ccc(Br)cc1/C=C/C(=O)NC(=S)Nc1ccc(NC(=O)C(C)C)cc1. The standard InChI is InChI=1S/C21H22BrN3O3S/c1-13(2)20(27)23-16-6-8-17(9-7-16)24-21(29)25-19(26)11-4-14-12-15(22)5-10-18(14)28-3/h4-13H,1-3H3,(H,23,27)(H2,24,25,26,29)/b11-4+. The highest BCUT2D eigenvalue weighted by Gasteiger charge is 2.07. The lowest BCUT2D eigenvalue weighted by Crippen LogP contribution is -2.32. The number of halogens is 1. The summed E-state index contributed by atoms with van der Waals surface area (Å²) in [6, 6.07) is 12.5. The summed E-state index contributed by atoms with van der Waals surface area (Å²) in [7, 11) is 1.57. The second-order valence-corrected chi connectivity index (χ2v) is 7.71. The van der Waals surface area contributed by atoms with Crippen LogP contribution >= 0.6 is 28.1 Å². The van der Waals surface area contributed by atoms with E-state index in [1.165, 1.54) is 6.08 Å². The molecule has 0 spiro atoms. The third kappa shape index (κ3) is 7.32. The van der Waals surface area contributed by atoms with E-state index in [-0.39, 0.29) is 22.8 Å². The van der Waals surface area contributed by atoms with Gasteiger partial charge in [0.2, 0.25) is 11.8 Å². The molecule has 8 heteroatoms. The van der Waals surface area contributed by atoms with Gasteiger partial charge in [0.25, 0.3) is 0 Å². The molecular weight excluding hydrogens is 454 g/mol. The Bertz CT molecular complexity index is 927. The number of nitrogens with one attached hydrogen (secondary N) is 3. The van der Waals surface area contributed by atoms with Gasteiger partial charge in [-0.25, -0.2) is 0 Å². The molecule has 0 fully saturated rings. The summed E-state index contributed by atoms with van der Waals surface area (Å²) in [5.41, 5.74) is 2.14. The van der Waals surface area contributed by atoms with Gasteiger partial charge in [0.1, 0.15) is 5.75 Å². The van der Waals surface area contributed by atoms with E-state index in [0.29, 0.717) is 17.1 Å². The van der Waals surface area contributed by atoms with Crippen molar-refractivity contribution in [3.8, 4) is 5.75 Å². The molecule has 2 aromatic rings. The number of thiocarbonyl (C=S) groups is 1. The van der Waals surface area contributed by atoms with Gasteiger partial charge in [-0.05, 0) is 60.8 Å². The Morgan fingerprint density at radius 2 is 1.69 bits per heavy atom. The lowest BCUT2D eigenvalue weighted by Gasteiger charge is -2.10. The molecule has 0 aliphatic heterocycles. The molecule has 0 radical (unpaired) electrons. The van der Waals surface area contributed by atoms with Crippen LogP contribution in [0.5, 0.6) is 5.75 Å². The highest BCUT2D eigenvalue weighted by molar-refractivity contribution is 9.10. The molecule has 2 aromatic carbocycles. The fraction of sp³-hybridized carbons (Fsp3) is 0.190. The van der Waals surface area contributed by atoms with Crippen molar-refractivity contribution in [1.29, 1.82) is 0 Å². The van der Waals surface area contributed by atoms with E-state index in [0.717, 1.165) is 10.0 Å². The van der Waals surface area contributed by atoms with Crippen LogP contribution < -0.4 is 20.7 Å². The summed E-state index contributed by atoms with van der Waals surface area (Å²) < 4.78 is 6.15. The van der Waals surface area contributed by atoms with Crippen LogP contribution in [0.15, 0.2) is 53.0 Å². The van der Waals surface area contributed by atoms with E-state index in [4.69, 9.17) is 17.0 Å². The van der Waals surface area contributed by atoms with Crippen molar-refractivity contribution >= 4 is 62.5 Å². The molecule has 2 amide bonds. The van der Waals surface area contributed by atoms with Gasteiger partial charge in [0.15, 0.2) is 5.11 Å². The summed E-state index contributed by atoms with van der Waals surface area (Å²) in [6.07, 6.45) is 3.02. The highest BCUT2D eigenvalue weighted by atomic mass is 79.9. The topological polar surface area (TPSA) is 79.5 Å². The molecule has 0 bridgehead atoms. The smallest absolute Gasteiger partial charge is 0.250 e. The number of carbonyl (C=O) groups excluding carboxylic acids is 2. The van der Waals surface area contributed by atoms with Crippen LogP contribution in [-0.4, -0.2) is 24.0 Å². The van der Waals surface area contributed by atoms with E-state index in [9.17, 15) is 9.59 Å². The van der Waals surface area contributed by atoms with E-state index in [2.05, 4.69) is 31.9 Å². The fourth-order valence-corrected chi connectivity index (χ4v) is 2.84. The predicted octanol–water partition coefficient (Wildman–Crippen LogP) is 4.58. The number of rotatable bonds is 6. The second-order valence-electron chi connectivity index (χ2n) is 6.38. The summed E-state index contributed by atoms with van der Waals surface area (Å²) >= 11 is 8.56. The molecule has 0 aliphatic carbocycles. The zero-order valence-corrected chi connectivity index (χ0v) is 18.7. The molecule has 0 aromatic heterocycles. The first-order chi connectivity index (χ1) is 13.8. The average Bonchev–Trinajstić information content (AvgIpc) is 2.67. The number of amides is 2. The first-order valence-electron chi connectivity index (χ1n) is 8.83. The quantitative estimate of drug-likeness (QED) is 0.420. The minimum atomic E-state index is -0.370. The Kier molecular flexibility index (Phi) is 8.35. The Balaban J connectivity index is 1.91. The van der Waals surface area contributed by atoms with Crippen molar-refractivity contribution in [2.24, 2.45) is 5.92 Å². The Labute approximate surface area is 183 Å². The highest BCUT2D eigenvalue weighted by Crippen LogP contribution is 2.24. The summed E-state index contributed by atoms with van der Waals surface area (Å²) in [5.74, 6) is 0.135. The van der Waals surface area contributed by atoms with Crippen molar-refractivity contribution in [2.45, 2.75) is 13.8 Å². The predicted molar refractivity (Wildman–Crippen MR) is 124 cm³/mol. The van der Waals surface area contributed by atoms with Gasteiger partial charge in [0, 0.05) is 33.4 Å². The zero-order valence-electron chi connectivity index (χ0n) is 16.3. The molecule has 6 nitrogen and oxygen atoms in total. The maximum absolute atomic E-state index is 12.1. The van der Waals surface area contributed by atoms with E-state index in [1.54, 1.807) is 43.5 Å². The van der Waals surface area contributed by atoms with Crippen LogP contribution in [0, 0.1) is 5.92 Å². The van der Waals surface area contributed by atoms with Crippen molar-refractivity contribution < 1.29 is 14.3 Å². The first-order valence-corrected chi connectivity index (χ1v) is 10.0. The number of hydrogen-bond acceptors (Lipinski definition) is 4. The monoisotopic (exact) mass is 475 g/mol. The maximum atomic E-state index is 12.1. The number of carbonyl (C=O) groups is 2. The van der Waals surface area contributed by atoms with Crippen molar-refractivity contribution in [1.82, 2.24) is 5.32 Å². The normalized spacial score (nSPS) is 10.7. The first kappa shape index (κ1) is 22.6. The van der Waals surface area contributed by atoms with Gasteiger partial charge >= 0.3 is 0 Å². The molecule has 0 atom stereocenters. The molecule has 152 valence electrons. The molecular formula is C21H22BrN3O3S. The van der Waals surface area contributed by atoms with Gasteiger partial charge in [-0.15, -0.1) is 0 Å². The fourth-order valence-electron chi connectivity index (χ4n) is 2.24. The van der Waals surface area contributed by atoms with Gasteiger partial charge in [-0.2, -0.15) is 0 Å². The number of methoxy groups -OCH3 is 1. The van der Waals surface area contributed by atoms with Crippen LogP contribution in [0.25, 0.3) is 6.08 Å². The van der Waals surface area contributed by atoms with Crippen molar-refractivity contribution in [2.75, 3.05) is 17.7 Å². The minimum Gasteiger partial charge on any atom is -0.496 e. The molecule has 0 saturated carbocycles. The third-order valence-corrected chi connectivity index (χ3v) is 4.47. The number of anilines is 2. The molecule has 0 heterocycles. The van der Waals surface area contributed by atoms with Crippen LogP contribution in [0.2, 0.25) is 0 Å². The number of benzene rings is 2. The second kappa shape index (κ2) is 10.7. The van der Waals surface area contributed by atoms with Gasteiger partial charge in [0.05, 0.1) is 7.11 Å². The van der Waals surface area contributed by atoms with Crippen LogP contribution in [0.3, 0.4) is 0 Å². The van der Waals surface area contributed by atoms with E-state index < -0.39 is 0 Å². The Morgan fingerprint density at radius 1 is 1.07 bits per heavy atom. The largest absolute Gasteiger partial charge is 0.496 e. The molecule has 2 rings (SSSR count). The maximum Gasteiger partial charge on any atom is 0.250 e. The van der Waals surface area contributed by atoms with Gasteiger partial charge in [-0.3, -0.25) is 14.9 Å². The molecule has 0 unspecified atom stereocenters. The summed E-state index contributed by atoms with van der Waals surface area (Å²) in [4.78, 5) is 23.8. The lowest BCUT2D eigenvalue weighted by molar-refractivity contribution is -0.119. The third-order valence-electron chi connectivity index (χ3n) is 3.78. The molecule has 29 heavy (non-hydrogen) atoms. The van der Waals surface area contributed by atoms with Crippen LogP contribution in [0.1, 0.15) is 19.4 Å². The Hall–Kier alpha value is -2.71. The average molecular weight is 476 g/mol. The molecule has 0 saturated heterocycles. The lowest BCUT2D eigenvalue weighted by atomic mass is 10.2.